The summed E-state index contributed by atoms with van der Waals surface area (Å²) in [6.45, 7) is 5.39. The number of aryl methyl sites for hydroxylation is 1. The molecule has 0 fully saturated rings. The summed E-state index contributed by atoms with van der Waals surface area (Å²) < 4.78 is 0. The van der Waals surface area contributed by atoms with Crippen LogP contribution >= 0.6 is 22.7 Å². The van der Waals surface area contributed by atoms with Crippen LogP contribution in [0.4, 0.5) is 0 Å². The Labute approximate surface area is 105 Å². The summed E-state index contributed by atoms with van der Waals surface area (Å²) in [6.07, 6.45) is 1.12. The van der Waals surface area contributed by atoms with Crippen molar-refractivity contribution in [1.29, 1.82) is 0 Å². The molecule has 1 atom stereocenters. The molecule has 2 aromatic heterocycles. The summed E-state index contributed by atoms with van der Waals surface area (Å²) in [5.41, 5.74) is 1.44. The second kappa shape index (κ2) is 5.62. The molecule has 86 valence electrons. The fraction of sp³-hybridized carbons (Fsp3) is 0.385. The van der Waals surface area contributed by atoms with E-state index in [-0.39, 0.29) is 0 Å². The minimum Gasteiger partial charge on any atom is -0.309 e. The summed E-state index contributed by atoms with van der Waals surface area (Å²) in [4.78, 5) is 2.82. The Kier molecular flexibility index (Phi) is 4.16. The molecular formula is C13H17NS2. The van der Waals surface area contributed by atoms with Crippen LogP contribution in [0.15, 0.2) is 29.0 Å². The van der Waals surface area contributed by atoms with Gasteiger partial charge in [0.05, 0.1) is 0 Å². The third-order valence-corrected chi connectivity index (χ3v) is 4.28. The monoisotopic (exact) mass is 251 g/mol. The Bertz CT molecular complexity index is 417. The molecule has 0 aliphatic rings. The molecule has 16 heavy (non-hydrogen) atoms. The molecule has 0 aromatic carbocycles. The van der Waals surface area contributed by atoms with Crippen molar-refractivity contribution in [2.45, 2.75) is 32.9 Å². The maximum absolute atomic E-state index is 3.57. The van der Waals surface area contributed by atoms with Crippen molar-refractivity contribution in [3.63, 3.8) is 0 Å². The molecule has 2 heterocycles. The van der Waals surface area contributed by atoms with Crippen LogP contribution in [0.1, 0.15) is 22.2 Å². The fourth-order valence-corrected chi connectivity index (χ4v) is 3.21. The van der Waals surface area contributed by atoms with E-state index in [0.29, 0.717) is 6.04 Å². The van der Waals surface area contributed by atoms with Crippen molar-refractivity contribution >= 4 is 22.7 Å². The first-order valence-electron chi connectivity index (χ1n) is 5.54. The van der Waals surface area contributed by atoms with Gasteiger partial charge in [0.1, 0.15) is 0 Å². The lowest BCUT2D eigenvalue weighted by Gasteiger charge is -2.11. The van der Waals surface area contributed by atoms with Crippen molar-refractivity contribution < 1.29 is 0 Å². The van der Waals surface area contributed by atoms with Gasteiger partial charge < -0.3 is 5.32 Å². The van der Waals surface area contributed by atoms with Crippen LogP contribution in [0.3, 0.4) is 0 Å². The van der Waals surface area contributed by atoms with Gasteiger partial charge in [-0.2, -0.15) is 11.3 Å². The highest BCUT2D eigenvalue weighted by atomic mass is 32.1. The van der Waals surface area contributed by atoms with Gasteiger partial charge in [-0.3, -0.25) is 0 Å². The zero-order chi connectivity index (χ0) is 11.4. The normalized spacial score (nSPS) is 12.9. The summed E-state index contributed by atoms with van der Waals surface area (Å²) in [6, 6.07) is 7.14. The Morgan fingerprint density at radius 1 is 1.31 bits per heavy atom. The van der Waals surface area contributed by atoms with E-state index in [1.165, 1.54) is 15.3 Å². The van der Waals surface area contributed by atoms with Crippen molar-refractivity contribution in [1.82, 2.24) is 5.32 Å². The highest BCUT2D eigenvalue weighted by molar-refractivity contribution is 7.11. The van der Waals surface area contributed by atoms with Crippen LogP contribution in [-0.4, -0.2) is 6.04 Å². The van der Waals surface area contributed by atoms with E-state index in [9.17, 15) is 0 Å². The minimum atomic E-state index is 0.539. The fourth-order valence-electron chi connectivity index (χ4n) is 1.69. The molecule has 0 aliphatic carbocycles. The van der Waals surface area contributed by atoms with E-state index in [4.69, 9.17) is 0 Å². The highest BCUT2D eigenvalue weighted by Gasteiger charge is 2.04. The van der Waals surface area contributed by atoms with Crippen molar-refractivity contribution in [2.75, 3.05) is 0 Å². The highest BCUT2D eigenvalue weighted by Crippen LogP contribution is 2.15. The first-order chi connectivity index (χ1) is 7.74. The molecule has 1 unspecified atom stereocenters. The maximum atomic E-state index is 3.57. The number of rotatable bonds is 5. The van der Waals surface area contributed by atoms with Crippen LogP contribution in [0.2, 0.25) is 0 Å². The predicted molar refractivity (Wildman–Crippen MR) is 73.4 cm³/mol. The quantitative estimate of drug-likeness (QED) is 0.851. The van der Waals surface area contributed by atoms with E-state index in [0.717, 1.165) is 13.0 Å². The molecule has 0 spiro atoms. The van der Waals surface area contributed by atoms with Crippen molar-refractivity contribution in [3.05, 3.63) is 44.3 Å². The Morgan fingerprint density at radius 2 is 2.19 bits per heavy atom. The third kappa shape index (κ3) is 3.44. The molecular weight excluding hydrogens is 234 g/mol. The van der Waals surface area contributed by atoms with E-state index in [1.807, 2.05) is 11.3 Å². The van der Waals surface area contributed by atoms with E-state index >= 15 is 0 Å². The number of hydrogen-bond acceptors (Lipinski definition) is 3. The van der Waals surface area contributed by atoms with Gasteiger partial charge >= 0.3 is 0 Å². The molecule has 0 saturated heterocycles. The summed E-state index contributed by atoms with van der Waals surface area (Å²) in [5, 5.41) is 7.94. The second-order valence-corrected chi connectivity index (χ2v) is 6.28. The van der Waals surface area contributed by atoms with Gasteiger partial charge in [0.2, 0.25) is 0 Å². The van der Waals surface area contributed by atoms with Gasteiger partial charge in [-0.1, -0.05) is 0 Å². The van der Waals surface area contributed by atoms with Crippen LogP contribution in [0.25, 0.3) is 0 Å². The third-order valence-electron chi connectivity index (χ3n) is 2.54. The molecule has 0 saturated carbocycles. The molecule has 0 bridgehead atoms. The van der Waals surface area contributed by atoms with Crippen LogP contribution in [-0.2, 0) is 13.0 Å². The van der Waals surface area contributed by atoms with Crippen molar-refractivity contribution in [3.8, 4) is 0 Å². The number of thiophene rings is 2. The lowest BCUT2D eigenvalue weighted by Crippen LogP contribution is -2.26. The smallest absolute Gasteiger partial charge is 0.0302 e. The minimum absolute atomic E-state index is 0.539. The lowest BCUT2D eigenvalue weighted by molar-refractivity contribution is 0.549. The van der Waals surface area contributed by atoms with Gasteiger partial charge in [-0.05, 0) is 54.8 Å². The molecule has 3 heteroatoms. The topological polar surface area (TPSA) is 12.0 Å². The SMILES string of the molecule is Cc1ccc(CNC(C)Cc2ccsc2)s1. The largest absolute Gasteiger partial charge is 0.309 e. The summed E-state index contributed by atoms with van der Waals surface area (Å²) >= 11 is 3.65. The zero-order valence-electron chi connectivity index (χ0n) is 9.69. The Morgan fingerprint density at radius 3 is 2.81 bits per heavy atom. The maximum Gasteiger partial charge on any atom is 0.0302 e. The molecule has 1 N–H and O–H groups in total. The van der Waals surface area contributed by atoms with Crippen LogP contribution < -0.4 is 5.32 Å². The first kappa shape index (κ1) is 11.8. The molecule has 1 nitrogen and oxygen atoms in total. The molecule has 2 aromatic rings. The predicted octanol–water partition coefficient (Wildman–Crippen LogP) is 3.84. The van der Waals surface area contributed by atoms with E-state index < -0.39 is 0 Å². The summed E-state index contributed by atoms with van der Waals surface area (Å²) in [5.74, 6) is 0. The van der Waals surface area contributed by atoms with Crippen LogP contribution in [0.5, 0.6) is 0 Å². The Hall–Kier alpha value is -0.640. The van der Waals surface area contributed by atoms with Gasteiger partial charge in [0, 0.05) is 22.3 Å². The van der Waals surface area contributed by atoms with Gasteiger partial charge in [-0.15, -0.1) is 11.3 Å². The van der Waals surface area contributed by atoms with Gasteiger partial charge in [0.15, 0.2) is 0 Å². The van der Waals surface area contributed by atoms with Gasteiger partial charge in [0.25, 0.3) is 0 Å². The summed E-state index contributed by atoms with van der Waals surface area (Å²) in [7, 11) is 0. The van der Waals surface area contributed by atoms with Crippen molar-refractivity contribution in [2.24, 2.45) is 0 Å². The average Bonchev–Trinajstić information content (AvgIpc) is 2.87. The lowest BCUT2D eigenvalue weighted by atomic mass is 10.1. The zero-order valence-corrected chi connectivity index (χ0v) is 11.3. The average molecular weight is 251 g/mol. The molecule has 0 radical (unpaired) electrons. The van der Waals surface area contributed by atoms with E-state index in [2.05, 4.69) is 48.1 Å². The van der Waals surface area contributed by atoms with Crippen LogP contribution in [0, 0.1) is 6.92 Å². The Balaban J connectivity index is 1.77. The van der Waals surface area contributed by atoms with Gasteiger partial charge in [-0.25, -0.2) is 0 Å². The van der Waals surface area contributed by atoms with E-state index in [1.54, 1.807) is 11.3 Å². The molecule has 0 aliphatic heterocycles. The number of hydrogen-bond donors (Lipinski definition) is 1. The second-order valence-electron chi connectivity index (χ2n) is 4.13. The standard InChI is InChI=1S/C13H17NS2/c1-10(7-12-5-6-15-9-12)14-8-13-4-3-11(2)16-13/h3-6,9-10,14H,7-8H2,1-2H3. The number of nitrogens with one attached hydrogen (secondary N) is 1. The molecule has 0 amide bonds. The molecule has 2 rings (SSSR count). The first-order valence-corrected chi connectivity index (χ1v) is 7.30.